The number of fused-ring (bicyclic) bond motifs is 2. The molecular weight excluding hydrogens is 332 g/mol. The van der Waals surface area contributed by atoms with Crippen LogP contribution in [0.4, 0.5) is 5.69 Å². The molecule has 1 aliphatic heterocycles. The van der Waals surface area contributed by atoms with E-state index in [0.29, 0.717) is 13.1 Å². The van der Waals surface area contributed by atoms with Gasteiger partial charge in [0.2, 0.25) is 5.91 Å². The first kappa shape index (κ1) is 16.9. The fraction of sp³-hybridized carbons (Fsp3) is 0.500. The summed E-state index contributed by atoms with van der Waals surface area (Å²) in [7, 11) is 1.65. The molecule has 0 spiro atoms. The predicted octanol–water partition coefficient (Wildman–Crippen LogP) is 1.87. The normalized spacial score (nSPS) is 29.9. The van der Waals surface area contributed by atoms with Gasteiger partial charge in [-0.2, -0.15) is 0 Å². The summed E-state index contributed by atoms with van der Waals surface area (Å²) in [6.07, 6.45) is 4.82. The minimum Gasteiger partial charge on any atom is -0.497 e. The van der Waals surface area contributed by atoms with Crippen LogP contribution in [-0.2, 0) is 9.59 Å². The smallest absolute Gasteiger partial charge is 0.307 e. The summed E-state index contributed by atoms with van der Waals surface area (Å²) < 4.78 is 5.28. The Morgan fingerprint density at radius 3 is 2.42 bits per heavy atom. The molecule has 6 nitrogen and oxygen atoms in total. The van der Waals surface area contributed by atoms with Gasteiger partial charge in [0.25, 0.3) is 0 Å². The van der Waals surface area contributed by atoms with Crippen LogP contribution in [-0.4, -0.2) is 55.2 Å². The number of carbonyl (C=O) groups excluding carboxylic acids is 1. The van der Waals surface area contributed by atoms with Crippen molar-refractivity contribution in [3.05, 3.63) is 36.4 Å². The first-order chi connectivity index (χ1) is 12.6. The second kappa shape index (κ2) is 6.67. The Hall–Kier alpha value is -2.50. The number of methoxy groups -OCH3 is 1. The molecule has 1 aromatic carbocycles. The van der Waals surface area contributed by atoms with E-state index < -0.39 is 17.8 Å². The van der Waals surface area contributed by atoms with Gasteiger partial charge in [-0.05, 0) is 30.4 Å². The number of carbonyl (C=O) groups is 2. The van der Waals surface area contributed by atoms with E-state index in [1.807, 2.05) is 41.3 Å². The third-order valence-electron chi connectivity index (χ3n) is 6.04. The van der Waals surface area contributed by atoms with E-state index in [0.717, 1.165) is 30.9 Å². The number of rotatable bonds is 4. The summed E-state index contributed by atoms with van der Waals surface area (Å²) in [4.78, 5) is 28.8. The summed E-state index contributed by atoms with van der Waals surface area (Å²) in [5.74, 6) is -0.858. The zero-order valence-electron chi connectivity index (χ0n) is 14.9. The van der Waals surface area contributed by atoms with E-state index in [2.05, 4.69) is 4.90 Å². The minimum absolute atomic E-state index is 0.0135. The van der Waals surface area contributed by atoms with E-state index in [1.54, 1.807) is 7.11 Å². The van der Waals surface area contributed by atoms with Crippen LogP contribution in [0, 0.1) is 23.7 Å². The number of hydrogen-bond donors (Lipinski definition) is 1. The van der Waals surface area contributed by atoms with E-state index >= 15 is 0 Å². The number of anilines is 1. The van der Waals surface area contributed by atoms with Crippen LogP contribution in [0.5, 0.6) is 5.75 Å². The van der Waals surface area contributed by atoms with Gasteiger partial charge in [-0.1, -0.05) is 18.2 Å². The Morgan fingerprint density at radius 1 is 1.08 bits per heavy atom. The standard InChI is InChI=1S/C20H24N2O4/c1-26-16-4-2-3-15(12-16)21-7-9-22(10-8-21)19(23)17-13-5-6-14(11-13)18(17)20(24)25/h2-6,12-14,17-18H,7-11H2,1H3,(H,24,25)/t13-,14+,17+,18-/m0/s1. The average Bonchev–Trinajstić information content (AvgIpc) is 3.29. The lowest BCUT2D eigenvalue weighted by atomic mass is 9.82. The van der Waals surface area contributed by atoms with Crippen molar-refractivity contribution in [2.24, 2.45) is 23.7 Å². The Morgan fingerprint density at radius 2 is 1.77 bits per heavy atom. The van der Waals surface area contributed by atoms with Crippen molar-refractivity contribution in [1.29, 1.82) is 0 Å². The number of carboxylic acid groups (broad SMARTS) is 1. The molecule has 4 rings (SSSR count). The van der Waals surface area contributed by atoms with Crippen molar-refractivity contribution in [2.75, 3.05) is 38.2 Å². The summed E-state index contributed by atoms with van der Waals surface area (Å²) in [5, 5.41) is 9.57. The van der Waals surface area contributed by atoms with Gasteiger partial charge >= 0.3 is 5.97 Å². The lowest BCUT2D eigenvalue weighted by Crippen LogP contribution is -2.52. The van der Waals surface area contributed by atoms with E-state index in [4.69, 9.17) is 4.74 Å². The van der Waals surface area contributed by atoms with E-state index in [1.165, 1.54) is 0 Å². The summed E-state index contributed by atoms with van der Waals surface area (Å²) >= 11 is 0. The topological polar surface area (TPSA) is 70.1 Å². The molecular formula is C20H24N2O4. The molecule has 1 saturated carbocycles. The predicted molar refractivity (Wildman–Crippen MR) is 97.1 cm³/mol. The van der Waals surface area contributed by atoms with Crippen LogP contribution in [0.1, 0.15) is 6.42 Å². The number of aliphatic carboxylic acids is 1. The van der Waals surface area contributed by atoms with Gasteiger partial charge < -0.3 is 19.6 Å². The number of carboxylic acids is 1. The van der Waals surface area contributed by atoms with Crippen LogP contribution < -0.4 is 9.64 Å². The second-order valence-electron chi connectivity index (χ2n) is 7.35. The number of nitrogens with zero attached hydrogens (tertiary/aromatic N) is 2. The minimum atomic E-state index is -0.838. The molecule has 3 aliphatic rings. The van der Waals surface area contributed by atoms with Gasteiger partial charge in [0.05, 0.1) is 18.9 Å². The molecule has 0 radical (unpaired) electrons. The highest BCUT2D eigenvalue weighted by Crippen LogP contribution is 2.48. The third-order valence-corrected chi connectivity index (χ3v) is 6.04. The van der Waals surface area contributed by atoms with Crippen LogP contribution in [0.25, 0.3) is 0 Å². The summed E-state index contributed by atoms with van der Waals surface area (Å²) in [6.45, 7) is 2.74. The van der Waals surface area contributed by atoms with Crippen molar-refractivity contribution in [1.82, 2.24) is 4.90 Å². The Labute approximate surface area is 153 Å². The quantitative estimate of drug-likeness (QED) is 0.834. The molecule has 1 N–H and O–H groups in total. The van der Waals surface area contributed by atoms with Crippen LogP contribution >= 0.6 is 0 Å². The maximum absolute atomic E-state index is 13.0. The van der Waals surface area contributed by atoms with Gasteiger partial charge in [-0.25, -0.2) is 0 Å². The number of ether oxygens (including phenoxy) is 1. The number of allylic oxidation sites excluding steroid dienone is 2. The third kappa shape index (κ3) is 2.83. The second-order valence-corrected chi connectivity index (χ2v) is 7.35. The molecule has 1 aromatic rings. The summed E-state index contributed by atoms with van der Waals surface area (Å²) in [5.41, 5.74) is 1.09. The zero-order valence-corrected chi connectivity index (χ0v) is 14.9. The van der Waals surface area contributed by atoms with Crippen LogP contribution in [0.2, 0.25) is 0 Å². The number of benzene rings is 1. The van der Waals surface area contributed by atoms with Gasteiger partial charge in [0.15, 0.2) is 0 Å². The molecule has 1 amide bonds. The average molecular weight is 356 g/mol. The molecule has 138 valence electrons. The van der Waals surface area contributed by atoms with Crippen molar-refractivity contribution in [3.63, 3.8) is 0 Å². The maximum atomic E-state index is 13.0. The lowest BCUT2D eigenvalue weighted by molar-refractivity contribution is -0.151. The molecule has 0 aromatic heterocycles. The zero-order chi connectivity index (χ0) is 18.3. The van der Waals surface area contributed by atoms with Gasteiger partial charge in [-0.3, -0.25) is 9.59 Å². The molecule has 2 fully saturated rings. The van der Waals surface area contributed by atoms with Gasteiger partial charge in [-0.15, -0.1) is 0 Å². The van der Waals surface area contributed by atoms with Crippen molar-refractivity contribution in [2.45, 2.75) is 6.42 Å². The lowest BCUT2D eigenvalue weighted by Gasteiger charge is -2.38. The fourth-order valence-electron chi connectivity index (χ4n) is 4.70. The number of piperazine rings is 1. The van der Waals surface area contributed by atoms with Crippen molar-refractivity contribution < 1.29 is 19.4 Å². The highest BCUT2D eigenvalue weighted by atomic mass is 16.5. The van der Waals surface area contributed by atoms with E-state index in [9.17, 15) is 14.7 Å². The Balaban J connectivity index is 1.42. The first-order valence-electron chi connectivity index (χ1n) is 9.17. The highest BCUT2D eigenvalue weighted by Gasteiger charge is 2.52. The number of hydrogen-bond acceptors (Lipinski definition) is 4. The van der Waals surface area contributed by atoms with Gasteiger partial charge in [0, 0.05) is 37.9 Å². The van der Waals surface area contributed by atoms with Crippen LogP contribution in [0.3, 0.4) is 0 Å². The maximum Gasteiger partial charge on any atom is 0.307 e. The molecule has 6 heteroatoms. The molecule has 1 heterocycles. The molecule has 2 aliphatic carbocycles. The molecule has 26 heavy (non-hydrogen) atoms. The number of amides is 1. The van der Waals surface area contributed by atoms with E-state index in [-0.39, 0.29) is 17.7 Å². The largest absolute Gasteiger partial charge is 0.497 e. The Bertz CT molecular complexity index is 739. The van der Waals surface area contributed by atoms with Crippen LogP contribution in [0.15, 0.2) is 36.4 Å². The first-order valence-corrected chi connectivity index (χ1v) is 9.17. The Kier molecular flexibility index (Phi) is 4.34. The molecule has 0 unspecified atom stereocenters. The SMILES string of the molecule is COc1cccc(N2CCN(C(=O)[C@H]3[C@@H](C(=O)O)[C@@H]4C=C[C@H]3C4)CC2)c1. The molecule has 1 saturated heterocycles. The fourth-order valence-corrected chi connectivity index (χ4v) is 4.70. The van der Waals surface area contributed by atoms with Gasteiger partial charge in [0.1, 0.15) is 5.75 Å². The summed E-state index contributed by atoms with van der Waals surface area (Å²) in [6, 6.07) is 7.92. The van der Waals surface area contributed by atoms with Crippen molar-refractivity contribution in [3.8, 4) is 5.75 Å². The molecule has 2 bridgehead atoms. The highest BCUT2D eigenvalue weighted by molar-refractivity contribution is 5.87. The monoisotopic (exact) mass is 356 g/mol. The van der Waals surface area contributed by atoms with Crippen molar-refractivity contribution >= 4 is 17.6 Å². The molecule has 4 atom stereocenters.